The fraction of sp³-hybridized carbons (Fsp3) is 0.636. The van der Waals surface area contributed by atoms with E-state index in [-0.39, 0.29) is 0 Å². The molecule has 1 heteroatoms. The maximum absolute atomic E-state index is 2.26. The van der Waals surface area contributed by atoms with Gasteiger partial charge in [0.05, 0.1) is 18.9 Å². The van der Waals surface area contributed by atoms with Crippen LogP contribution in [0.4, 0.5) is 0 Å². The van der Waals surface area contributed by atoms with Gasteiger partial charge in [-0.15, -0.1) is 0 Å². The van der Waals surface area contributed by atoms with Crippen LogP contribution in [0.5, 0.6) is 0 Å². The Hall–Kier alpha value is -0.560. The lowest BCUT2D eigenvalue weighted by Crippen LogP contribution is -3.01. The van der Waals surface area contributed by atoms with Gasteiger partial charge in [0, 0.05) is 0 Å². The summed E-state index contributed by atoms with van der Waals surface area (Å²) in [5.74, 6) is 0. The molecule has 1 aliphatic heterocycles. The van der Waals surface area contributed by atoms with Gasteiger partial charge in [0.15, 0.2) is 0 Å². The first-order chi connectivity index (χ1) is 5.93. The lowest BCUT2D eigenvalue weighted by molar-refractivity contribution is -0.787. The molecular weight excluding hydrogens is 146 g/mol. The Labute approximate surface area is 75.8 Å². The zero-order chi connectivity index (χ0) is 8.65. The lowest BCUT2D eigenvalue weighted by Gasteiger charge is -2.05. The van der Waals surface area contributed by atoms with E-state index in [0.717, 1.165) is 0 Å². The Morgan fingerprint density at radius 3 is 2.25 bits per heavy atom. The van der Waals surface area contributed by atoms with Crippen LogP contribution in [0.3, 0.4) is 0 Å². The highest BCUT2D eigenvalue weighted by Crippen LogP contribution is 2.00. The number of nitrogens with one attached hydrogen (secondary N) is 1. The number of rotatable bonds is 6. The molecule has 0 bridgehead atoms. The van der Waals surface area contributed by atoms with Crippen molar-refractivity contribution in [2.75, 3.05) is 6.54 Å². The molecule has 0 atom stereocenters. The van der Waals surface area contributed by atoms with E-state index in [1.165, 1.54) is 43.5 Å². The van der Waals surface area contributed by atoms with Crippen LogP contribution in [0.15, 0.2) is 24.6 Å². The standard InChI is InChI=1S/C11H19N/c1-2-3-4-5-6-9-12-10-7-8-11-12/h7-8,10-11H,2-6,9H2,1H3/p+1. The van der Waals surface area contributed by atoms with Crippen LogP contribution in [0.2, 0.25) is 0 Å². The van der Waals surface area contributed by atoms with Crippen molar-refractivity contribution < 1.29 is 4.90 Å². The van der Waals surface area contributed by atoms with Crippen LogP contribution in [0.25, 0.3) is 0 Å². The van der Waals surface area contributed by atoms with Crippen molar-refractivity contribution in [3.63, 3.8) is 0 Å². The first-order valence-corrected chi connectivity index (χ1v) is 5.14. The Morgan fingerprint density at radius 1 is 0.917 bits per heavy atom. The minimum atomic E-state index is 1.27. The van der Waals surface area contributed by atoms with Gasteiger partial charge in [0.1, 0.15) is 0 Å². The molecule has 12 heavy (non-hydrogen) atoms. The number of hydrogen-bond donors (Lipinski definition) is 1. The summed E-state index contributed by atoms with van der Waals surface area (Å²) in [4.78, 5) is 1.51. The molecule has 1 aliphatic rings. The Balaban J connectivity index is 1.89. The smallest absolute Gasteiger partial charge is 0.0990 e. The highest BCUT2D eigenvalue weighted by molar-refractivity contribution is 5.00. The largest absolute Gasteiger partial charge is 0.282 e. The van der Waals surface area contributed by atoms with Gasteiger partial charge in [-0.3, -0.25) is 4.90 Å². The van der Waals surface area contributed by atoms with Gasteiger partial charge in [0.2, 0.25) is 0 Å². The van der Waals surface area contributed by atoms with Crippen molar-refractivity contribution in [3.8, 4) is 0 Å². The van der Waals surface area contributed by atoms with Crippen molar-refractivity contribution in [1.29, 1.82) is 0 Å². The predicted octanol–water partition coefficient (Wildman–Crippen LogP) is 1.88. The number of unbranched alkanes of at least 4 members (excludes halogenated alkanes) is 4. The monoisotopic (exact) mass is 166 g/mol. The predicted molar refractivity (Wildman–Crippen MR) is 52.9 cm³/mol. The molecule has 0 unspecified atom stereocenters. The van der Waals surface area contributed by atoms with Crippen molar-refractivity contribution >= 4 is 0 Å². The SMILES string of the molecule is CCCCCCC[NH+]1C=CC=C1. The molecule has 0 amide bonds. The summed E-state index contributed by atoms with van der Waals surface area (Å²) in [5, 5.41) is 0. The normalized spacial score (nSPS) is 16.1. The van der Waals surface area contributed by atoms with Crippen LogP contribution in [0, 0.1) is 0 Å². The highest BCUT2D eigenvalue weighted by atomic mass is 15.1. The van der Waals surface area contributed by atoms with E-state index < -0.39 is 0 Å². The fourth-order valence-corrected chi connectivity index (χ4v) is 1.51. The molecular formula is C11H20N+. The van der Waals surface area contributed by atoms with E-state index >= 15 is 0 Å². The third kappa shape index (κ3) is 3.72. The number of quaternary nitrogens is 1. The van der Waals surface area contributed by atoms with Crippen molar-refractivity contribution in [3.05, 3.63) is 24.6 Å². The molecule has 0 spiro atoms. The second-order valence-electron chi connectivity index (χ2n) is 3.46. The summed E-state index contributed by atoms with van der Waals surface area (Å²) in [5.41, 5.74) is 0. The summed E-state index contributed by atoms with van der Waals surface area (Å²) in [7, 11) is 0. The zero-order valence-electron chi connectivity index (χ0n) is 8.05. The third-order valence-electron chi connectivity index (χ3n) is 2.30. The van der Waals surface area contributed by atoms with Crippen LogP contribution in [-0.2, 0) is 0 Å². The first-order valence-electron chi connectivity index (χ1n) is 5.14. The molecule has 0 aromatic carbocycles. The van der Waals surface area contributed by atoms with E-state index in [1.807, 2.05) is 0 Å². The average molecular weight is 166 g/mol. The van der Waals surface area contributed by atoms with Gasteiger partial charge in [-0.05, 0) is 25.0 Å². The van der Waals surface area contributed by atoms with Gasteiger partial charge in [-0.2, -0.15) is 0 Å². The van der Waals surface area contributed by atoms with E-state index in [9.17, 15) is 0 Å². The molecule has 68 valence electrons. The summed E-state index contributed by atoms with van der Waals surface area (Å²) in [6.07, 6.45) is 15.6. The Morgan fingerprint density at radius 2 is 1.58 bits per heavy atom. The second-order valence-corrected chi connectivity index (χ2v) is 3.46. The molecule has 1 rings (SSSR count). The molecule has 0 aliphatic carbocycles. The van der Waals surface area contributed by atoms with E-state index in [1.54, 1.807) is 0 Å². The summed E-state index contributed by atoms with van der Waals surface area (Å²) >= 11 is 0. The van der Waals surface area contributed by atoms with Crippen LogP contribution in [-0.4, -0.2) is 6.54 Å². The molecule has 0 fully saturated rings. The second kappa shape index (κ2) is 6.01. The van der Waals surface area contributed by atoms with E-state index in [4.69, 9.17) is 0 Å². The minimum Gasteiger partial charge on any atom is -0.282 e. The molecule has 0 aromatic heterocycles. The van der Waals surface area contributed by atoms with Gasteiger partial charge in [0.25, 0.3) is 0 Å². The van der Waals surface area contributed by atoms with Crippen LogP contribution >= 0.6 is 0 Å². The molecule has 0 aromatic rings. The van der Waals surface area contributed by atoms with E-state index in [0.29, 0.717) is 0 Å². The maximum Gasteiger partial charge on any atom is 0.0990 e. The van der Waals surface area contributed by atoms with Crippen molar-refractivity contribution in [2.24, 2.45) is 0 Å². The highest BCUT2D eigenvalue weighted by Gasteiger charge is 2.02. The molecule has 1 heterocycles. The molecule has 0 saturated carbocycles. The van der Waals surface area contributed by atoms with Gasteiger partial charge >= 0.3 is 0 Å². The molecule has 1 nitrogen and oxygen atoms in total. The summed E-state index contributed by atoms with van der Waals surface area (Å²) < 4.78 is 0. The topological polar surface area (TPSA) is 4.44 Å². The van der Waals surface area contributed by atoms with Crippen LogP contribution in [0.1, 0.15) is 39.0 Å². The Bertz CT molecular complexity index is 146. The molecule has 0 saturated heterocycles. The van der Waals surface area contributed by atoms with Gasteiger partial charge in [-0.1, -0.05) is 26.2 Å². The van der Waals surface area contributed by atoms with Gasteiger partial charge < -0.3 is 0 Å². The van der Waals surface area contributed by atoms with Gasteiger partial charge in [-0.25, -0.2) is 0 Å². The fourth-order valence-electron chi connectivity index (χ4n) is 1.51. The quantitative estimate of drug-likeness (QED) is 0.575. The third-order valence-corrected chi connectivity index (χ3v) is 2.30. The Kier molecular flexibility index (Phi) is 4.77. The lowest BCUT2D eigenvalue weighted by atomic mass is 10.1. The van der Waals surface area contributed by atoms with Crippen LogP contribution < -0.4 is 4.90 Å². The van der Waals surface area contributed by atoms with Crippen molar-refractivity contribution in [2.45, 2.75) is 39.0 Å². The van der Waals surface area contributed by atoms with E-state index in [2.05, 4.69) is 31.5 Å². The van der Waals surface area contributed by atoms with Crippen molar-refractivity contribution in [1.82, 2.24) is 0 Å². The number of allylic oxidation sites excluding steroid dienone is 2. The molecule has 1 N–H and O–H groups in total. The maximum atomic E-state index is 2.26. The number of hydrogen-bond acceptors (Lipinski definition) is 0. The summed E-state index contributed by atoms with van der Waals surface area (Å²) in [6.45, 7) is 3.54. The zero-order valence-corrected chi connectivity index (χ0v) is 8.05. The minimum absolute atomic E-state index is 1.27. The first kappa shape index (κ1) is 9.53. The average Bonchev–Trinajstić information content (AvgIpc) is 2.57. The summed E-state index contributed by atoms with van der Waals surface area (Å²) in [6, 6.07) is 0. The molecule has 0 radical (unpaired) electrons.